The smallest absolute Gasteiger partial charge is 0.143 e. The number of nitrogens with two attached hydrogens (primary N) is 1. The summed E-state index contributed by atoms with van der Waals surface area (Å²) in [7, 11) is 0. The Labute approximate surface area is 69.9 Å². The van der Waals surface area contributed by atoms with Crippen molar-refractivity contribution in [3.05, 3.63) is 22.9 Å². The van der Waals surface area contributed by atoms with Crippen molar-refractivity contribution in [1.29, 1.82) is 10.5 Å². The van der Waals surface area contributed by atoms with Crippen molar-refractivity contribution >= 4 is 5.82 Å². The third kappa shape index (κ3) is 1.18. The molecule has 0 saturated heterocycles. The summed E-state index contributed by atoms with van der Waals surface area (Å²) >= 11 is 0. The maximum absolute atomic E-state index is 8.61. The van der Waals surface area contributed by atoms with E-state index in [0.29, 0.717) is 11.1 Å². The van der Waals surface area contributed by atoms with Crippen molar-refractivity contribution in [3.8, 4) is 12.1 Å². The molecule has 0 aliphatic rings. The Hall–Kier alpha value is -2.07. The van der Waals surface area contributed by atoms with Crippen LogP contribution >= 0.6 is 0 Å². The highest BCUT2D eigenvalue weighted by molar-refractivity contribution is 5.54. The van der Waals surface area contributed by atoms with E-state index in [-0.39, 0.29) is 11.5 Å². The molecule has 0 amide bonds. The lowest BCUT2D eigenvalue weighted by Gasteiger charge is -1.99. The maximum atomic E-state index is 8.61. The zero-order valence-electron chi connectivity index (χ0n) is 6.50. The molecule has 0 saturated carbocycles. The van der Waals surface area contributed by atoms with Gasteiger partial charge in [0.1, 0.15) is 23.7 Å². The van der Waals surface area contributed by atoms with Gasteiger partial charge in [0.2, 0.25) is 0 Å². The highest BCUT2D eigenvalue weighted by atomic mass is 14.8. The van der Waals surface area contributed by atoms with Crippen LogP contribution in [0.3, 0.4) is 0 Å². The van der Waals surface area contributed by atoms with Crippen LogP contribution in [0.1, 0.15) is 16.8 Å². The lowest BCUT2D eigenvalue weighted by atomic mass is 10.1. The fourth-order valence-electron chi connectivity index (χ4n) is 0.900. The second kappa shape index (κ2) is 2.89. The third-order valence-corrected chi connectivity index (χ3v) is 1.47. The number of pyridine rings is 1. The molecule has 0 aliphatic carbocycles. The molecule has 1 aromatic heterocycles. The van der Waals surface area contributed by atoms with Gasteiger partial charge in [-0.25, -0.2) is 4.98 Å². The number of aromatic nitrogens is 1. The van der Waals surface area contributed by atoms with Crippen molar-refractivity contribution in [2.45, 2.75) is 6.92 Å². The van der Waals surface area contributed by atoms with Crippen LogP contribution in [0.4, 0.5) is 5.82 Å². The van der Waals surface area contributed by atoms with Crippen LogP contribution in [-0.2, 0) is 0 Å². The largest absolute Gasteiger partial charge is 0.383 e. The van der Waals surface area contributed by atoms with Gasteiger partial charge in [0.05, 0.1) is 5.56 Å². The number of nitriles is 2. The van der Waals surface area contributed by atoms with E-state index in [4.69, 9.17) is 16.3 Å². The van der Waals surface area contributed by atoms with Gasteiger partial charge in [-0.05, 0) is 18.6 Å². The second-order valence-electron chi connectivity index (χ2n) is 2.31. The molecule has 4 heteroatoms. The van der Waals surface area contributed by atoms with E-state index < -0.39 is 0 Å². The fraction of sp³-hybridized carbons (Fsp3) is 0.125. The lowest BCUT2D eigenvalue weighted by Crippen LogP contribution is -1.99. The number of hydrogen-bond donors (Lipinski definition) is 1. The van der Waals surface area contributed by atoms with Gasteiger partial charge in [0, 0.05) is 0 Å². The molecule has 0 fully saturated rings. The molecule has 1 rings (SSSR count). The van der Waals surface area contributed by atoms with E-state index in [1.54, 1.807) is 6.92 Å². The standard InChI is InChI=1S/C8H6N4/c1-5-2-6(3-9)12-8(11)7(5)4-10/h2H,1H3,(H2,11,12). The van der Waals surface area contributed by atoms with Gasteiger partial charge in [-0.1, -0.05) is 0 Å². The molecule has 0 radical (unpaired) electrons. The lowest BCUT2D eigenvalue weighted by molar-refractivity contribution is 1.22. The van der Waals surface area contributed by atoms with Crippen molar-refractivity contribution in [3.63, 3.8) is 0 Å². The summed E-state index contributed by atoms with van der Waals surface area (Å²) in [6, 6.07) is 5.31. The molecule has 0 aromatic carbocycles. The van der Waals surface area contributed by atoms with Crippen molar-refractivity contribution < 1.29 is 0 Å². The summed E-state index contributed by atoms with van der Waals surface area (Å²) in [6.45, 7) is 1.72. The van der Waals surface area contributed by atoms with E-state index >= 15 is 0 Å². The van der Waals surface area contributed by atoms with Gasteiger partial charge in [0.15, 0.2) is 0 Å². The Kier molecular flexibility index (Phi) is 1.94. The predicted molar refractivity (Wildman–Crippen MR) is 42.8 cm³/mol. The predicted octanol–water partition coefficient (Wildman–Crippen LogP) is 0.716. The zero-order chi connectivity index (χ0) is 9.14. The molecule has 0 atom stereocenters. The zero-order valence-corrected chi connectivity index (χ0v) is 6.50. The van der Waals surface area contributed by atoms with E-state index in [1.807, 2.05) is 12.1 Å². The average molecular weight is 158 g/mol. The number of hydrogen-bond acceptors (Lipinski definition) is 4. The van der Waals surface area contributed by atoms with Crippen LogP contribution in [0.5, 0.6) is 0 Å². The molecule has 0 bridgehead atoms. The van der Waals surface area contributed by atoms with Crippen LogP contribution in [0.2, 0.25) is 0 Å². The normalized spacial score (nSPS) is 8.58. The highest BCUT2D eigenvalue weighted by Gasteiger charge is 2.05. The summed E-state index contributed by atoms with van der Waals surface area (Å²) < 4.78 is 0. The molecular formula is C8H6N4. The minimum atomic E-state index is 0.119. The minimum absolute atomic E-state index is 0.119. The first-order valence-electron chi connectivity index (χ1n) is 3.26. The maximum Gasteiger partial charge on any atom is 0.143 e. The quantitative estimate of drug-likeness (QED) is 0.602. The molecule has 58 valence electrons. The van der Waals surface area contributed by atoms with Crippen molar-refractivity contribution in [1.82, 2.24) is 4.98 Å². The Balaban J connectivity index is 3.43. The number of anilines is 1. The first-order chi connectivity index (χ1) is 5.69. The molecule has 1 aromatic rings. The van der Waals surface area contributed by atoms with Crippen LogP contribution < -0.4 is 5.73 Å². The molecule has 0 aliphatic heterocycles. The SMILES string of the molecule is Cc1cc(C#N)nc(N)c1C#N. The van der Waals surface area contributed by atoms with E-state index in [2.05, 4.69) is 4.98 Å². The number of nitrogen functional groups attached to an aromatic ring is 1. The van der Waals surface area contributed by atoms with Crippen molar-refractivity contribution in [2.24, 2.45) is 0 Å². The molecule has 4 nitrogen and oxygen atoms in total. The number of nitrogens with zero attached hydrogens (tertiary/aromatic N) is 3. The van der Waals surface area contributed by atoms with E-state index in [1.165, 1.54) is 6.07 Å². The topological polar surface area (TPSA) is 86.5 Å². The highest BCUT2D eigenvalue weighted by Crippen LogP contribution is 2.13. The first kappa shape index (κ1) is 8.03. The molecule has 0 spiro atoms. The second-order valence-corrected chi connectivity index (χ2v) is 2.31. The Morgan fingerprint density at radius 2 is 2.08 bits per heavy atom. The fourth-order valence-corrected chi connectivity index (χ4v) is 0.900. The van der Waals surface area contributed by atoms with Gasteiger partial charge in [-0.3, -0.25) is 0 Å². The Morgan fingerprint density at radius 3 is 2.50 bits per heavy atom. The monoisotopic (exact) mass is 158 g/mol. The van der Waals surface area contributed by atoms with E-state index in [9.17, 15) is 0 Å². The number of aryl methyl sites for hydroxylation is 1. The summed E-state index contributed by atoms with van der Waals surface area (Å²) in [5.41, 5.74) is 6.69. The van der Waals surface area contributed by atoms with Gasteiger partial charge < -0.3 is 5.73 Å². The molecule has 1 heterocycles. The third-order valence-electron chi connectivity index (χ3n) is 1.47. The minimum Gasteiger partial charge on any atom is -0.383 e. The molecule has 0 unspecified atom stereocenters. The molecule has 12 heavy (non-hydrogen) atoms. The molecular weight excluding hydrogens is 152 g/mol. The van der Waals surface area contributed by atoms with Gasteiger partial charge >= 0.3 is 0 Å². The summed E-state index contributed by atoms with van der Waals surface area (Å²) in [5.74, 6) is 0.119. The van der Waals surface area contributed by atoms with Gasteiger partial charge in [-0.2, -0.15) is 10.5 Å². The Bertz CT molecular complexity index is 371. The molecule has 2 N–H and O–H groups in total. The van der Waals surface area contributed by atoms with Crippen LogP contribution in [-0.4, -0.2) is 4.98 Å². The van der Waals surface area contributed by atoms with Crippen LogP contribution in [0.15, 0.2) is 6.07 Å². The van der Waals surface area contributed by atoms with Gasteiger partial charge in [0.25, 0.3) is 0 Å². The first-order valence-corrected chi connectivity index (χ1v) is 3.26. The van der Waals surface area contributed by atoms with Crippen LogP contribution in [0, 0.1) is 29.6 Å². The summed E-state index contributed by atoms with van der Waals surface area (Å²) in [6.07, 6.45) is 0. The number of rotatable bonds is 0. The van der Waals surface area contributed by atoms with E-state index in [0.717, 1.165) is 0 Å². The summed E-state index contributed by atoms with van der Waals surface area (Å²) in [5, 5.41) is 17.1. The van der Waals surface area contributed by atoms with Crippen LogP contribution in [0.25, 0.3) is 0 Å². The summed E-state index contributed by atoms with van der Waals surface area (Å²) in [4.78, 5) is 3.72. The van der Waals surface area contributed by atoms with Gasteiger partial charge in [-0.15, -0.1) is 0 Å². The Morgan fingerprint density at radius 1 is 1.42 bits per heavy atom. The average Bonchev–Trinajstić information content (AvgIpc) is 2.03. The van der Waals surface area contributed by atoms with Crippen molar-refractivity contribution in [2.75, 3.05) is 5.73 Å².